The summed E-state index contributed by atoms with van der Waals surface area (Å²) < 4.78 is 11.6. The number of hydrogen-bond acceptors (Lipinski definition) is 3. The van der Waals surface area contributed by atoms with Gasteiger partial charge in [0.1, 0.15) is 0 Å². The number of nitrogens with one attached hydrogen (secondary N) is 1. The predicted octanol–water partition coefficient (Wildman–Crippen LogP) is 4.06. The molecule has 0 aliphatic rings. The van der Waals surface area contributed by atoms with Gasteiger partial charge in [-0.3, -0.25) is 0 Å². The van der Waals surface area contributed by atoms with Crippen LogP contribution >= 0.6 is 15.9 Å². The number of hydrogen-bond donors (Lipinski definition) is 1. The zero-order valence-electron chi connectivity index (χ0n) is 12.6. The van der Waals surface area contributed by atoms with E-state index in [1.807, 2.05) is 12.1 Å². The number of rotatable bonds is 6. The Balaban J connectivity index is 2.01. The summed E-state index contributed by atoms with van der Waals surface area (Å²) in [4.78, 5) is 0. The van der Waals surface area contributed by atoms with Crippen LogP contribution in [0, 0.1) is 6.92 Å². The first-order valence-corrected chi connectivity index (χ1v) is 7.60. The second-order valence-corrected chi connectivity index (χ2v) is 5.74. The van der Waals surface area contributed by atoms with E-state index in [1.165, 1.54) is 11.1 Å². The molecule has 0 aliphatic heterocycles. The molecule has 4 heteroatoms. The van der Waals surface area contributed by atoms with E-state index in [2.05, 4.69) is 52.4 Å². The van der Waals surface area contributed by atoms with E-state index >= 15 is 0 Å². The summed E-state index contributed by atoms with van der Waals surface area (Å²) in [5, 5.41) is 3.44. The fourth-order valence-electron chi connectivity index (χ4n) is 2.08. The third-order valence-electron chi connectivity index (χ3n) is 3.32. The third kappa shape index (κ3) is 4.22. The number of halogens is 1. The summed E-state index contributed by atoms with van der Waals surface area (Å²) in [6, 6.07) is 12.5. The van der Waals surface area contributed by atoms with E-state index in [0.717, 1.165) is 34.6 Å². The van der Waals surface area contributed by atoms with Crippen molar-refractivity contribution in [3.8, 4) is 11.5 Å². The number of benzene rings is 2. The Morgan fingerprint density at radius 2 is 1.57 bits per heavy atom. The molecular formula is C17H20BrNO2. The molecule has 0 saturated heterocycles. The molecule has 0 fully saturated rings. The van der Waals surface area contributed by atoms with Crippen LogP contribution in [0.15, 0.2) is 40.9 Å². The van der Waals surface area contributed by atoms with Crippen LogP contribution in [-0.4, -0.2) is 14.2 Å². The molecule has 0 aliphatic carbocycles. The minimum absolute atomic E-state index is 0.728. The zero-order chi connectivity index (χ0) is 15.2. The molecule has 2 aromatic rings. The lowest BCUT2D eigenvalue weighted by molar-refractivity contribution is 0.354. The molecule has 112 valence electrons. The van der Waals surface area contributed by atoms with Crippen molar-refractivity contribution in [1.29, 1.82) is 0 Å². The molecule has 1 N–H and O–H groups in total. The highest BCUT2D eigenvalue weighted by Crippen LogP contribution is 2.33. The second-order valence-electron chi connectivity index (χ2n) is 4.89. The molecule has 0 radical (unpaired) electrons. The van der Waals surface area contributed by atoms with Crippen LogP contribution in [-0.2, 0) is 13.1 Å². The van der Waals surface area contributed by atoms with Crippen molar-refractivity contribution in [1.82, 2.24) is 5.32 Å². The summed E-state index contributed by atoms with van der Waals surface area (Å²) >= 11 is 3.57. The van der Waals surface area contributed by atoms with Gasteiger partial charge in [0.15, 0.2) is 11.5 Å². The highest BCUT2D eigenvalue weighted by molar-refractivity contribution is 9.10. The predicted molar refractivity (Wildman–Crippen MR) is 89.0 cm³/mol. The number of methoxy groups -OCH3 is 2. The Labute approximate surface area is 134 Å². The highest BCUT2D eigenvalue weighted by atomic mass is 79.9. The minimum Gasteiger partial charge on any atom is -0.493 e. The molecular weight excluding hydrogens is 330 g/mol. The number of ether oxygens (including phenoxy) is 2. The normalized spacial score (nSPS) is 10.5. The van der Waals surface area contributed by atoms with E-state index in [9.17, 15) is 0 Å². The molecule has 0 bridgehead atoms. The van der Waals surface area contributed by atoms with E-state index in [1.54, 1.807) is 14.2 Å². The van der Waals surface area contributed by atoms with Crippen LogP contribution < -0.4 is 14.8 Å². The van der Waals surface area contributed by atoms with Crippen LogP contribution in [0.25, 0.3) is 0 Å². The molecule has 2 rings (SSSR count). The topological polar surface area (TPSA) is 30.5 Å². The van der Waals surface area contributed by atoms with Gasteiger partial charge >= 0.3 is 0 Å². The lowest BCUT2D eigenvalue weighted by Gasteiger charge is -2.12. The Bertz CT molecular complexity index is 596. The highest BCUT2D eigenvalue weighted by Gasteiger charge is 2.09. The molecule has 0 amide bonds. The molecule has 3 nitrogen and oxygen atoms in total. The van der Waals surface area contributed by atoms with Crippen LogP contribution in [0.5, 0.6) is 11.5 Å². The first-order valence-electron chi connectivity index (χ1n) is 6.80. The van der Waals surface area contributed by atoms with E-state index < -0.39 is 0 Å². The fraction of sp³-hybridized carbons (Fsp3) is 0.294. The molecule has 0 saturated carbocycles. The van der Waals surface area contributed by atoms with Gasteiger partial charge in [0.2, 0.25) is 0 Å². The van der Waals surface area contributed by atoms with Gasteiger partial charge in [-0.05, 0) is 30.2 Å². The zero-order valence-corrected chi connectivity index (χ0v) is 14.2. The van der Waals surface area contributed by atoms with Crippen LogP contribution in [0.4, 0.5) is 0 Å². The summed E-state index contributed by atoms with van der Waals surface area (Å²) in [6.07, 6.45) is 0. The molecule has 0 spiro atoms. The maximum Gasteiger partial charge on any atom is 0.161 e. The van der Waals surface area contributed by atoms with Gasteiger partial charge in [0, 0.05) is 17.6 Å². The van der Waals surface area contributed by atoms with Crippen molar-refractivity contribution < 1.29 is 9.47 Å². The monoisotopic (exact) mass is 349 g/mol. The fourth-order valence-corrected chi connectivity index (χ4v) is 2.54. The van der Waals surface area contributed by atoms with Crippen LogP contribution in [0.2, 0.25) is 0 Å². The summed E-state index contributed by atoms with van der Waals surface area (Å²) in [6.45, 7) is 3.69. The lowest BCUT2D eigenvalue weighted by atomic mass is 10.1. The summed E-state index contributed by atoms with van der Waals surface area (Å²) in [7, 11) is 3.29. The maximum atomic E-state index is 5.34. The van der Waals surface area contributed by atoms with E-state index in [-0.39, 0.29) is 0 Å². The number of aryl methyl sites for hydroxylation is 1. The summed E-state index contributed by atoms with van der Waals surface area (Å²) in [5.41, 5.74) is 3.69. The average Bonchev–Trinajstić information content (AvgIpc) is 2.50. The van der Waals surface area contributed by atoms with Gasteiger partial charge in [-0.25, -0.2) is 0 Å². The van der Waals surface area contributed by atoms with Gasteiger partial charge < -0.3 is 14.8 Å². The Morgan fingerprint density at radius 3 is 2.19 bits per heavy atom. The van der Waals surface area contributed by atoms with Gasteiger partial charge in [-0.1, -0.05) is 45.8 Å². The molecule has 2 aromatic carbocycles. The van der Waals surface area contributed by atoms with Gasteiger partial charge in [-0.2, -0.15) is 0 Å². The SMILES string of the molecule is COc1cc(Br)c(CNCc2ccc(C)cc2)cc1OC. The van der Waals surface area contributed by atoms with Gasteiger partial charge in [-0.15, -0.1) is 0 Å². The largest absolute Gasteiger partial charge is 0.493 e. The third-order valence-corrected chi connectivity index (χ3v) is 4.06. The van der Waals surface area contributed by atoms with Crippen molar-refractivity contribution in [2.45, 2.75) is 20.0 Å². The van der Waals surface area contributed by atoms with E-state index in [4.69, 9.17) is 9.47 Å². The van der Waals surface area contributed by atoms with Gasteiger partial charge in [0.25, 0.3) is 0 Å². The maximum absolute atomic E-state index is 5.34. The Morgan fingerprint density at radius 1 is 0.952 bits per heavy atom. The minimum atomic E-state index is 0.728. The first-order chi connectivity index (χ1) is 10.1. The molecule has 0 atom stereocenters. The average molecular weight is 350 g/mol. The van der Waals surface area contributed by atoms with Crippen LogP contribution in [0.1, 0.15) is 16.7 Å². The standard InChI is InChI=1S/C17H20BrNO2/c1-12-4-6-13(7-5-12)10-19-11-14-8-16(20-2)17(21-3)9-15(14)18/h4-9,19H,10-11H2,1-3H3. The van der Waals surface area contributed by atoms with E-state index in [0.29, 0.717) is 0 Å². The van der Waals surface area contributed by atoms with Crippen molar-refractivity contribution in [2.24, 2.45) is 0 Å². The first kappa shape index (κ1) is 15.9. The quantitative estimate of drug-likeness (QED) is 0.852. The smallest absolute Gasteiger partial charge is 0.161 e. The molecule has 0 unspecified atom stereocenters. The Kier molecular flexibility index (Phi) is 5.65. The molecule has 0 heterocycles. The van der Waals surface area contributed by atoms with Crippen molar-refractivity contribution in [3.05, 3.63) is 57.6 Å². The Hall–Kier alpha value is -1.52. The second kappa shape index (κ2) is 7.48. The van der Waals surface area contributed by atoms with Crippen molar-refractivity contribution >= 4 is 15.9 Å². The molecule has 21 heavy (non-hydrogen) atoms. The lowest BCUT2D eigenvalue weighted by Crippen LogP contribution is -2.13. The summed E-state index contributed by atoms with van der Waals surface area (Å²) in [5.74, 6) is 1.47. The van der Waals surface area contributed by atoms with Crippen molar-refractivity contribution in [2.75, 3.05) is 14.2 Å². The van der Waals surface area contributed by atoms with Crippen LogP contribution in [0.3, 0.4) is 0 Å². The van der Waals surface area contributed by atoms with Crippen molar-refractivity contribution in [3.63, 3.8) is 0 Å². The molecule has 0 aromatic heterocycles. The van der Waals surface area contributed by atoms with Gasteiger partial charge in [0.05, 0.1) is 14.2 Å².